The highest BCUT2D eigenvalue weighted by Crippen LogP contribution is 2.40. The molecule has 2 fully saturated rings. The fourth-order valence-electron chi connectivity index (χ4n) is 6.31. The molecule has 0 saturated carbocycles. The van der Waals surface area contributed by atoms with E-state index in [0.29, 0.717) is 31.4 Å². The summed E-state index contributed by atoms with van der Waals surface area (Å²) in [6.45, 7) is 6.19. The lowest BCUT2D eigenvalue weighted by Gasteiger charge is -2.38. The van der Waals surface area contributed by atoms with Crippen LogP contribution in [0.25, 0.3) is 10.9 Å². The maximum atomic E-state index is 13.5. The van der Waals surface area contributed by atoms with E-state index in [1.54, 1.807) is 7.11 Å². The van der Waals surface area contributed by atoms with Crippen LogP contribution in [0.3, 0.4) is 0 Å². The minimum Gasteiger partial charge on any atom is -0.497 e. The molecule has 2 N–H and O–H groups in total. The van der Waals surface area contributed by atoms with Gasteiger partial charge >= 0.3 is 0 Å². The molecule has 7 nitrogen and oxygen atoms in total. The van der Waals surface area contributed by atoms with Crippen LogP contribution in [-0.2, 0) is 4.74 Å². The van der Waals surface area contributed by atoms with Gasteiger partial charge in [0.05, 0.1) is 26.4 Å². The van der Waals surface area contributed by atoms with E-state index in [1.807, 2.05) is 29.2 Å². The van der Waals surface area contributed by atoms with Gasteiger partial charge in [-0.2, -0.15) is 0 Å². The zero-order valence-electron chi connectivity index (χ0n) is 21.0. The number of nitrogens with one attached hydrogen (secondary N) is 2. The van der Waals surface area contributed by atoms with Gasteiger partial charge in [-0.15, -0.1) is 0 Å². The number of methoxy groups -OCH3 is 1. The number of aromatic nitrogens is 1. The smallest absolute Gasteiger partial charge is 0.270 e. The van der Waals surface area contributed by atoms with Crippen molar-refractivity contribution in [3.05, 3.63) is 59.8 Å². The number of carbonyl (C=O) groups is 1. The van der Waals surface area contributed by atoms with Crippen molar-refractivity contribution in [2.24, 2.45) is 5.92 Å². The summed E-state index contributed by atoms with van der Waals surface area (Å²) in [4.78, 5) is 21.4. The van der Waals surface area contributed by atoms with Gasteiger partial charge in [-0.1, -0.05) is 18.2 Å². The fourth-order valence-corrected chi connectivity index (χ4v) is 6.31. The number of ether oxygens (including phenoxy) is 2. The van der Waals surface area contributed by atoms with Gasteiger partial charge in [-0.25, -0.2) is 0 Å². The van der Waals surface area contributed by atoms with Crippen molar-refractivity contribution in [2.75, 3.05) is 58.4 Å². The summed E-state index contributed by atoms with van der Waals surface area (Å²) in [6, 6.07) is 16.7. The quantitative estimate of drug-likeness (QED) is 0.541. The molecule has 36 heavy (non-hydrogen) atoms. The summed E-state index contributed by atoms with van der Waals surface area (Å²) in [5.74, 6) is 2.22. The Balaban J connectivity index is 1.05. The van der Waals surface area contributed by atoms with Crippen LogP contribution in [0.2, 0.25) is 0 Å². The number of hydrogen-bond donors (Lipinski definition) is 2. The van der Waals surface area contributed by atoms with Crippen LogP contribution in [-0.4, -0.2) is 79.8 Å². The zero-order chi connectivity index (χ0) is 24.5. The Labute approximate surface area is 212 Å². The minimum atomic E-state index is 0.0598. The van der Waals surface area contributed by atoms with E-state index < -0.39 is 0 Å². The Morgan fingerprint density at radius 2 is 1.97 bits per heavy atom. The summed E-state index contributed by atoms with van der Waals surface area (Å²) < 4.78 is 11.1. The Hall–Kier alpha value is -3.03. The number of anilines is 1. The standard InChI is InChI=1S/C29H36N4O3/c1-35-23-7-6-21-16-28(31-27(21)17-23)29(34)33-14-15-36-19-22(33)10-13-32-11-8-20(9-12-32)25-18-30-26-5-3-2-4-24(25)26/h2-7,16-17,20,22,25,30-31H,8-15,18-19H2,1H3/t22-,25?/m0/s1. The van der Waals surface area contributed by atoms with Crippen LogP contribution >= 0.6 is 0 Å². The summed E-state index contributed by atoms with van der Waals surface area (Å²) in [5, 5.41) is 4.62. The van der Waals surface area contributed by atoms with E-state index in [2.05, 4.69) is 39.5 Å². The van der Waals surface area contributed by atoms with Gasteiger partial charge in [0, 0.05) is 48.2 Å². The van der Waals surface area contributed by atoms with Crippen LogP contribution in [0.15, 0.2) is 48.5 Å². The van der Waals surface area contributed by atoms with Crippen molar-refractivity contribution < 1.29 is 14.3 Å². The molecule has 0 bridgehead atoms. The lowest BCUT2D eigenvalue weighted by molar-refractivity contribution is -0.00784. The van der Waals surface area contributed by atoms with Crippen LogP contribution in [0.1, 0.15) is 41.2 Å². The molecule has 1 aromatic heterocycles. The fraction of sp³-hybridized carbons (Fsp3) is 0.483. The van der Waals surface area contributed by atoms with Crippen molar-refractivity contribution in [1.82, 2.24) is 14.8 Å². The number of hydrogen-bond acceptors (Lipinski definition) is 5. The largest absolute Gasteiger partial charge is 0.497 e. The first-order valence-corrected chi connectivity index (χ1v) is 13.3. The maximum Gasteiger partial charge on any atom is 0.270 e. The molecule has 0 radical (unpaired) electrons. The molecule has 190 valence electrons. The molecule has 1 amide bonds. The number of morpholine rings is 1. The number of amides is 1. The van der Waals surface area contributed by atoms with Gasteiger partial charge in [0.2, 0.25) is 0 Å². The van der Waals surface area contributed by atoms with Crippen LogP contribution in [0, 0.1) is 5.92 Å². The molecule has 0 spiro atoms. The minimum absolute atomic E-state index is 0.0598. The summed E-state index contributed by atoms with van der Waals surface area (Å²) in [7, 11) is 1.65. The van der Waals surface area contributed by atoms with Crippen molar-refractivity contribution in [3.63, 3.8) is 0 Å². The van der Waals surface area contributed by atoms with Crippen molar-refractivity contribution in [3.8, 4) is 5.75 Å². The molecule has 2 atom stereocenters. The number of rotatable bonds is 6. The van der Waals surface area contributed by atoms with Gasteiger partial charge in [-0.05, 0) is 68.1 Å². The Morgan fingerprint density at radius 3 is 2.83 bits per heavy atom. The molecule has 6 rings (SSSR count). The van der Waals surface area contributed by atoms with E-state index in [-0.39, 0.29) is 11.9 Å². The second-order valence-electron chi connectivity index (χ2n) is 10.4. The first kappa shape index (κ1) is 23.4. The third-order valence-electron chi connectivity index (χ3n) is 8.40. The number of H-pyrrole nitrogens is 1. The van der Waals surface area contributed by atoms with E-state index in [9.17, 15) is 4.79 Å². The van der Waals surface area contributed by atoms with E-state index in [4.69, 9.17) is 9.47 Å². The van der Waals surface area contributed by atoms with Crippen LogP contribution < -0.4 is 10.1 Å². The molecule has 3 aliphatic rings. The molecule has 7 heteroatoms. The van der Waals surface area contributed by atoms with Crippen LogP contribution in [0.4, 0.5) is 5.69 Å². The molecule has 4 heterocycles. The Bertz CT molecular complexity index is 1220. The topological polar surface area (TPSA) is 69.8 Å². The number of aromatic amines is 1. The van der Waals surface area contributed by atoms with Gasteiger partial charge in [0.1, 0.15) is 11.4 Å². The van der Waals surface area contributed by atoms with E-state index >= 15 is 0 Å². The Kier molecular flexibility index (Phi) is 6.59. The lowest BCUT2D eigenvalue weighted by Crippen LogP contribution is -2.50. The zero-order valence-corrected chi connectivity index (χ0v) is 21.0. The number of para-hydroxylation sites is 1. The number of piperidine rings is 1. The van der Waals surface area contributed by atoms with E-state index in [0.717, 1.165) is 55.2 Å². The van der Waals surface area contributed by atoms with Gasteiger partial charge < -0.3 is 29.6 Å². The molecular weight excluding hydrogens is 452 g/mol. The first-order valence-electron chi connectivity index (χ1n) is 13.3. The van der Waals surface area contributed by atoms with Crippen LogP contribution in [0.5, 0.6) is 5.75 Å². The number of benzene rings is 2. The molecule has 1 unspecified atom stereocenters. The van der Waals surface area contributed by atoms with Crippen molar-refractivity contribution >= 4 is 22.5 Å². The first-order chi connectivity index (χ1) is 17.7. The lowest BCUT2D eigenvalue weighted by atomic mass is 9.81. The highest BCUT2D eigenvalue weighted by atomic mass is 16.5. The van der Waals surface area contributed by atoms with E-state index in [1.165, 1.54) is 24.1 Å². The predicted octanol–water partition coefficient (Wildman–Crippen LogP) is 4.33. The third-order valence-corrected chi connectivity index (χ3v) is 8.40. The van der Waals surface area contributed by atoms with Gasteiger partial charge in [0.15, 0.2) is 0 Å². The van der Waals surface area contributed by atoms with Gasteiger partial charge in [0.25, 0.3) is 5.91 Å². The molecule has 3 aromatic rings. The normalized spacial score (nSPS) is 23.0. The molecule has 2 saturated heterocycles. The molecular formula is C29H36N4O3. The third kappa shape index (κ3) is 4.58. The number of fused-ring (bicyclic) bond motifs is 2. The highest BCUT2D eigenvalue weighted by Gasteiger charge is 2.33. The summed E-state index contributed by atoms with van der Waals surface area (Å²) in [6.07, 6.45) is 3.42. The summed E-state index contributed by atoms with van der Waals surface area (Å²) in [5.41, 5.74) is 4.38. The average Bonchev–Trinajstić information content (AvgIpc) is 3.56. The molecule has 2 aromatic carbocycles. The number of likely N-dealkylation sites (tertiary alicyclic amines) is 1. The summed E-state index contributed by atoms with van der Waals surface area (Å²) >= 11 is 0. The number of carbonyl (C=O) groups excluding carboxylic acids is 1. The van der Waals surface area contributed by atoms with Crippen molar-refractivity contribution in [1.29, 1.82) is 0 Å². The molecule has 0 aliphatic carbocycles. The van der Waals surface area contributed by atoms with Gasteiger partial charge in [-0.3, -0.25) is 4.79 Å². The Morgan fingerprint density at radius 1 is 1.11 bits per heavy atom. The highest BCUT2D eigenvalue weighted by molar-refractivity contribution is 5.98. The SMILES string of the molecule is COc1ccc2cc(C(=O)N3CCOC[C@@H]3CCN3CCC(C4CNc5ccccc54)CC3)[nH]c2c1. The second-order valence-corrected chi connectivity index (χ2v) is 10.4. The van der Waals surface area contributed by atoms with Crippen molar-refractivity contribution in [2.45, 2.75) is 31.2 Å². The second kappa shape index (κ2) is 10.1. The average molecular weight is 489 g/mol. The number of nitrogens with zero attached hydrogens (tertiary/aromatic N) is 2. The maximum absolute atomic E-state index is 13.5. The molecule has 3 aliphatic heterocycles. The monoisotopic (exact) mass is 488 g/mol. The predicted molar refractivity (Wildman–Crippen MR) is 142 cm³/mol.